The fraction of sp³-hybridized carbons (Fsp3) is 0.273. The van der Waals surface area contributed by atoms with Crippen molar-refractivity contribution in [2.45, 2.75) is 51.4 Å². The molecule has 0 spiro atoms. The largest absolute Gasteiger partial charge is 0.573 e. The summed E-state index contributed by atoms with van der Waals surface area (Å²) in [6.07, 6.45) is -1.09. The zero-order valence-electron chi connectivity index (χ0n) is 25.2. The second-order valence-corrected chi connectivity index (χ2v) is 11.9. The number of aromatic nitrogens is 3. The van der Waals surface area contributed by atoms with Crippen molar-refractivity contribution >= 4 is 34.9 Å². The van der Waals surface area contributed by atoms with Crippen LogP contribution in [0.3, 0.4) is 0 Å². The number of para-hydroxylation sites is 1. The van der Waals surface area contributed by atoms with Crippen LogP contribution in [0.15, 0.2) is 89.1 Å². The summed E-state index contributed by atoms with van der Waals surface area (Å²) in [5.41, 5.74) is 3.95. The lowest BCUT2D eigenvalue weighted by Gasteiger charge is -2.37. The number of amidine groups is 1. The minimum Gasteiger partial charge on any atom is -0.406 e. The van der Waals surface area contributed by atoms with Crippen LogP contribution in [-0.4, -0.2) is 50.3 Å². The second-order valence-electron chi connectivity index (χ2n) is 10.8. The quantitative estimate of drug-likeness (QED) is 0.187. The van der Waals surface area contributed by atoms with E-state index in [0.717, 1.165) is 17.9 Å². The number of benzene rings is 3. The summed E-state index contributed by atoms with van der Waals surface area (Å²) >= 11 is 1.51. The van der Waals surface area contributed by atoms with Crippen LogP contribution in [0.1, 0.15) is 50.2 Å². The number of nitriles is 1. The molecule has 2 amide bonds. The van der Waals surface area contributed by atoms with E-state index in [1.165, 1.54) is 58.8 Å². The highest BCUT2D eigenvalue weighted by Gasteiger charge is 2.31. The van der Waals surface area contributed by atoms with Crippen LogP contribution in [-0.2, 0) is 0 Å². The lowest BCUT2D eigenvalue weighted by atomic mass is 9.99. The molecule has 1 saturated heterocycles. The number of amides is 2. The standard InChI is InChI=1S/C33H30F3N7O2S/c1-21(2)28-6-4-5-7-29(28)43-22(3)16-17-46-32(43)40-31(44)38-19-25(18-37)23-8-10-24(11-9-23)30-39-20-42(41-30)26-12-14-27(15-13-26)45-33(34,35)36/h4-15,19-22,25H,16-17H2,1-3H3. The van der Waals surface area contributed by atoms with Crippen LogP contribution in [0.4, 0.5) is 23.7 Å². The molecular formula is C33H30F3N7O2S. The third kappa shape index (κ3) is 7.81. The first-order chi connectivity index (χ1) is 22.0. The van der Waals surface area contributed by atoms with E-state index in [-0.39, 0.29) is 11.8 Å². The van der Waals surface area contributed by atoms with E-state index in [1.807, 2.05) is 18.2 Å². The van der Waals surface area contributed by atoms with Crippen molar-refractivity contribution in [2.75, 3.05) is 10.7 Å². The number of rotatable bonds is 7. The summed E-state index contributed by atoms with van der Waals surface area (Å²) in [7, 11) is 0. The van der Waals surface area contributed by atoms with Gasteiger partial charge in [0, 0.05) is 29.3 Å². The Morgan fingerprint density at radius 2 is 1.83 bits per heavy atom. The van der Waals surface area contributed by atoms with Gasteiger partial charge in [0.1, 0.15) is 18.0 Å². The molecule has 1 aliphatic rings. The summed E-state index contributed by atoms with van der Waals surface area (Å²) in [4.78, 5) is 27.6. The average molecular weight is 646 g/mol. The normalized spacial score (nSPS) is 17.0. The summed E-state index contributed by atoms with van der Waals surface area (Å²) in [6.45, 7) is 6.38. The van der Waals surface area contributed by atoms with Crippen LogP contribution >= 0.6 is 11.8 Å². The van der Waals surface area contributed by atoms with Crippen LogP contribution in [0, 0.1) is 11.3 Å². The Labute approximate surface area is 268 Å². The van der Waals surface area contributed by atoms with Gasteiger partial charge in [-0.05, 0) is 60.7 Å². The number of anilines is 1. The Bertz CT molecular complexity index is 1780. The molecule has 0 bridgehead atoms. The Morgan fingerprint density at radius 1 is 1.11 bits per heavy atom. The molecule has 2 atom stereocenters. The molecular weight excluding hydrogens is 615 g/mol. The van der Waals surface area contributed by atoms with E-state index in [1.54, 1.807) is 24.3 Å². The Morgan fingerprint density at radius 3 is 2.50 bits per heavy atom. The number of carbonyl (C=O) groups excluding carboxylic acids is 1. The van der Waals surface area contributed by atoms with Gasteiger partial charge in [0.05, 0.1) is 11.8 Å². The monoisotopic (exact) mass is 645 g/mol. The van der Waals surface area contributed by atoms with Gasteiger partial charge in [-0.15, -0.1) is 18.3 Å². The van der Waals surface area contributed by atoms with E-state index in [9.17, 15) is 23.2 Å². The van der Waals surface area contributed by atoms with Gasteiger partial charge in [0.2, 0.25) is 0 Å². The van der Waals surface area contributed by atoms with Gasteiger partial charge in [-0.2, -0.15) is 10.3 Å². The fourth-order valence-electron chi connectivity index (χ4n) is 4.93. The maximum absolute atomic E-state index is 12.9. The van der Waals surface area contributed by atoms with E-state index in [4.69, 9.17) is 0 Å². The Kier molecular flexibility index (Phi) is 9.87. The number of hydrogen-bond donors (Lipinski definition) is 0. The molecule has 1 aromatic heterocycles. The zero-order chi connectivity index (χ0) is 32.8. The number of carbonyl (C=O) groups is 1. The number of hydrogen-bond acceptors (Lipinski definition) is 6. The molecule has 13 heteroatoms. The molecule has 236 valence electrons. The number of aliphatic imine (C=N–C) groups is 2. The van der Waals surface area contributed by atoms with Gasteiger partial charge in [-0.25, -0.2) is 19.5 Å². The molecule has 4 aromatic rings. The molecule has 9 nitrogen and oxygen atoms in total. The molecule has 46 heavy (non-hydrogen) atoms. The summed E-state index contributed by atoms with van der Waals surface area (Å²) in [5, 5.41) is 14.8. The molecule has 1 aliphatic heterocycles. The predicted octanol–water partition coefficient (Wildman–Crippen LogP) is 8.14. The van der Waals surface area contributed by atoms with E-state index in [2.05, 4.69) is 62.6 Å². The summed E-state index contributed by atoms with van der Waals surface area (Å²) in [5.74, 6) is 0.367. The number of halogens is 3. The zero-order valence-corrected chi connectivity index (χ0v) is 26.0. The third-order valence-corrected chi connectivity index (χ3v) is 8.24. The van der Waals surface area contributed by atoms with Crippen LogP contribution in [0.5, 0.6) is 5.75 Å². The Balaban J connectivity index is 1.28. The maximum atomic E-state index is 12.9. The van der Waals surface area contributed by atoms with Crippen LogP contribution in [0.2, 0.25) is 0 Å². The van der Waals surface area contributed by atoms with Gasteiger partial charge in [0.15, 0.2) is 11.0 Å². The van der Waals surface area contributed by atoms with Crippen molar-refractivity contribution in [1.29, 1.82) is 5.26 Å². The molecule has 5 rings (SSSR count). The first-order valence-corrected chi connectivity index (χ1v) is 15.5. The molecule has 0 saturated carbocycles. The first kappa shape index (κ1) is 32.4. The van der Waals surface area contributed by atoms with Crippen molar-refractivity contribution in [3.8, 4) is 28.9 Å². The first-order valence-electron chi connectivity index (χ1n) is 14.5. The number of nitrogens with zero attached hydrogens (tertiary/aromatic N) is 7. The molecule has 3 aromatic carbocycles. The summed E-state index contributed by atoms with van der Waals surface area (Å²) < 4.78 is 42.6. The van der Waals surface area contributed by atoms with Crippen LogP contribution in [0.25, 0.3) is 17.1 Å². The maximum Gasteiger partial charge on any atom is 0.573 e. The van der Waals surface area contributed by atoms with Gasteiger partial charge < -0.3 is 9.64 Å². The smallest absolute Gasteiger partial charge is 0.406 e. The highest BCUT2D eigenvalue weighted by molar-refractivity contribution is 8.14. The molecule has 0 aliphatic carbocycles. The van der Waals surface area contributed by atoms with E-state index >= 15 is 0 Å². The number of alkyl halides is 3. The van der Waals surface area contributed by atoms with E-state index in [0.29, 0.717) is 33.7 Å². The van der Waals surface area contributed by atoms with Gasteiger partial charge in [0.25, 0.3) is 0 Å². The topological polar surface area (TPSA) is 109 Å². The number of thioether (sulfide) groups is 1. The number of ether oxygens (including phenoxy) is 1. The van der Waals surface area contributed by atoms with Gasteiger partial charge in [-0.1, -0.05) is 68.1 Å². The summed E-state index contributed by atoms with van der Waals surface area (Å²) in [6, 6.07) is 21.9. The van der Waals surface area contributed by atoms with Crippen LogP contribution < -0.4 is 9.64 Å². The van der Waals surface area contributed by atoms with Gasteiger partial charge in [-0.3, -0.25) is 0 Å². The highest BCUT2D eigenvalue weighted by atomic mass is 32.2. The van der Waals surface area contributed by atoms with Gasteiger partial charge >= 0.3 is 12.4 Å². The fourth-order valence-corrected chi connectivity index (χ4v) is 6.13. The Hall–Kier alpha value is -4.96. The molecule has 2 unspecified atom stereocenters. The SMILES string of the molecule is CC(C)c1ccccc1N1C(=NC(=O)N=CC(C#N)c2ccc(-c3ncn(-c4ccc(OC(F)(F)F)cc4)n3)cc2)SCCC1C. The predicted molar refractivity (Wildman–Crippen MR) is 173 cm³/mol. The average Bonchev–Trinajstić information content (AvgIpc) is 3.52. The third-order valence-electron chi connectivity index (χ3n) is 7.25. The highest BCUT2D eigenvalue weighted by Crippen LogP contribution is 2.35. The minimum atomic E-state index is -4.77. The van der Waals surface area contributed by atoms with Crippen molar-refractivity contribution < 1.29 is 22.7 Å². The second kappa shape index (κ2) is 14.0. The lowest BCUT2D eigenvalue weighted by molar-refractivity contribution is -0.274. The molecule has 0 N–H and O–H groups in total. The van der Waals surface area contributed by atoms with Crippen molar-refractivity contribution in [2.24, 2.45) is 9.98 Å². The lowest BCUT2D eigenvalue weighted by Crippen LogP contribution is -2.42. The molecule has 0 radical (unpaired) electrons. The van der Waals surface area contributed by atoms with Crippen molar-refractivity contribution in [3.05, 3.63) is 90.3 Å². The van der Waals surface area contributed by atoms with E-state index < -0.39 is 18.3 Å². The molecule has 1 fully saturated rings. The van der Waals surface area contributed by atoms with Crippen molar-refractivity contribution in [3.63, 3.8) is 0 Å². The number of urea groups is 1. The van der Waals surface area contributed by atoms with Crippen molar-refractivity contribution in [1.82, 2.24) is 14.8 Å². The minimum absolute atomic E-state index is 0.154. The molecule has 2 heterocycles.